The summed E-state index contributed by atoms with van der Waals surface area (Å²) in [7, 11) is 1.99. The molecule has 0 aliphatic carbocycles. The van der Waals surface area contributed by atoms with Gasteiger partial charge in [-0.3, -0.25) is 9.69 Å². The van der Waals surface area contributed by atoms with Crippen molar-refractivity contribution < 1.29 is 9.90 Å². The normalized spacial score (nSPS) is 25.9. The number of aliphatic carboxylic acids is 1. The van der Waals surface area contributed by atoms with Crippen molar-refractivity contribution in [2.24, 2.45) is 5.92 Å². The maximum Gasteiger partial charge on any atom is 0.307 e. The van der Waals surface area contributed by atoms with Gasteiger partial charge >= 0.3 is 5.97 Å². The molecule has 1 fully saturated rings. The number of carboxylic acids is 1. The molecule has 0 unspecified atom stereocenters. The van der Waals surface area contributed by atoms with Gasteiger partial charge in [0.1, 0.15) is 0 Å². The number of hydrogen-bond donors (Lipinski definition) is 1. The number of benzene rings is 1. The van der Waals surface area contributed by atoms with E-state index in [2.05, 4.69) is 36.1 Å². The summed E-state index contributed by atoms with van der Waals surface area (Å²) in [5, 5.41) is 9.01. The lowest BCUT2D eigenvalue weighted by atomic mass is 9.99. The first-order valence-corrected chi connectivity index (χ1v) is 5.57. The van der Waals surface area contributed by atoms with Gasteiger partial charge in [0.05, 0.1) is 5.92 Å². The standard InChI is InChI=1S/C13H17NO2/c1-9-3-5-10(6-4-9)12-7-11(13(15)16)8-14(12)2/h3-6,11-12H,7-8H2,1-2H3,(H,15,16)/t11-,12-/m1/s1. The lowest BCUT2D eigenvalue weighted by molar-refractivity contribution is -0.141. The third kappa shape index (κ3) is 2.09. The van der Waals surface area contributed by atoms with Crippen molar-refractivity contribution in [3.8, 4) is 0 Å². The fourth-order valence-corrected chi connectivity index (χ4v) is 2.36. The Morgan fingerprint density at radius 2 is 2.00 bits per heavy atom. The fraction of sp³-hybridized carbons (Fsp3) is 0.462. The maximum absolute atomic E-state index is 11.0. The topological polar surface area (TPSA) is 40.5 Å². The van der Waals surface area contributed by atoms with Gasteiger partial charge in [-0.15, -0.1) is 0 Å². The zero-order valence-corrected chi connectivity index (χ0v) is 9.68. The number of carbonyl (C=O) groups is 1. The van der Waals surface area contributed by atoms with Gasteiger partial charge in [0.15, 0.2) is 0 Å². The van der Waals surface area contributed by atoms with Crippen LogP contribution in [0.1, 0.15) is 23.6 Å². The Labute approximate surface area is 95.7 Å². The molecule has 1 aliphatic rings. The van der Waals surface area contributed by atoms with E-state index in [-0.39, 0.29) is 12.0 Å². The first-order chi connectivity index (χ1) is 7.58. The average molecular weight is 219 g/mol. The molecular formula is C13H17NO2. The molecule has 0 bridgehead atoms. The van der Waals surface area contributed by atoms with Gasteiger partial charge in [0, 0.05) is 12.6 Å². The summed E-state index contributed by atoms with van der Waals surface area (Å²) >= 11 is 0. The first kappa shape index (κ1) is 11.1. The molecule has 0 aromatic heterocycles. The van der Waals surface area contributed by atoms with Crippen LogP contribution in [0.4, 0.5) is 0 Å². The minimum Gasteiger partial charge on any atom is -0.481 e. The summed E-state index contributed by atoms with van der Waals surface area (Å²) in [4.78, 5) is 13.1. The van der Waals surface area contributed by atoms with Gasteiger partial charge in [-0.1, -0.05) is 29.8 Å². The molecule has 0 radical (unpaired) electrons. The summed E-state index contributed by atoms with van der Waals surface area (Å²) < 4.78 is 0. The smallest absolute Gasteiger partial charge is 0.307 e. The molecule has 1 aromatic rings. The van der Waals surface area contributed by atoms with Gasteiger partial charge in [-0.2, -0.15) is 0 Å². The minimum atomic E-state index is -0.679. The van der Waals surface area contributed by atoms with E-state index in [9.17, 15) is 4.79 Å². The first-order valence-electron chi connectivity index (χ1n) is 5.57. The fourth-order valence-electron chi connectivity index (χ4n) is 2.36. The number of rotatable bonds is 2. The molecule has 1 aliphatic heterocycles. The molecule has 16 heavy (non-hydrogen) atoms. The van der Waals surface area contributed by atoms with Crippen molar-refractivity contribution in [1.29, 1.82) is 0 Å². The molecule has 1 saturated heterocycles. The predicted octanol–water partition coefficient (Wildman–Crippen LogP) is 2.07. The molecule has 0 saturated carbocycles. The van der Waals surface area contributed by atoms with Crippen molar-refractivity contribution in [2.45, 2.75) is 19.4 Å². The lowest BCUT2D eigenvalue weighted by Gasteiger charge is -2.19. The van der Waals surface area contributed by atoms with E-state index in [1.165, 1.54) is 11.1 Å². The van der Waals surface area contributed by atoms with Crippen LogP contribution in [0.3, 0.4) is 0 Å². The summed E-state index contributed by atoms with van der Waals surface area (Å²) in [6, 6.07) is 8.61. The molecular weight excluding hydrogens is 202 g/mol. The maximum atomic E-state index is 11.0. The molecule has 2 rings (SSSR count). The highest BCUT2D eigenvalue weighted by Gasteiger charge is 2.34. The highest BCUT2D eigenvalue weighted by Crippen LogP contribution is 2.34. The molecule has 1 aromatic carbocycles. The number of hydrogen-bond acceptors (Lipinski definition) is 2. The van der Waals surface area contributed by atoms with Crippen LogP contribution in [0.25, 0.3) is 0 Å². The second-order valence-electron chi connectivity index (χ2n) is 4.64. The van der Waals surface area contributed by atoms with Gasteiger partial charge in [-0.25, -0.2) is 0 Å². The summed E-state index contributed by atoms with van der Waals surface area (Å²) in [6.07, 6.45) is 0.717. The van der Waals surface area contributed by atoms with E-state index >= 15 is 0 Å². The summed E-state index contributed by atoms with van der Waals surface area (Å²) in [5.41, 5.74) is 2.45. The van der Waals surface area contributed by atoms with Gasteiger partial charge in [0.25, 0.3) is 0 Å². The van der Waals surface area contributed by atoms with E-state index in [0.29, 0.717) is 6.54 Å². The SMILES string of the molecule is Cc1ccc([C@H]2C[C@@H](C(=O)O)CN2C)cc1. The number of carboxylic acid groups (broad SMARTS) is 1. The Balaban J connectivity index is 2.16. The van der Waals surface area contributed by atoms with Crippen LogP contribution in [-0.4, -0.2) is 29.6 Å². The van der Waals surface area contributed by atoms with Gasteiger partial charge < -0.3 is 5.11 Å². The van der Waals surface area contributed by atoms with Gasteiger partial charge in [0.2, 0.25) is 0 Å². The Hall–Kier alpha value is -1.35. The lowest BCUT2D eigenvalue weighted by Crippen LogP contribution is -2.20. The van der Waals surface area contributed by atoms with Crippen molar-refractivity contribution in [1.82, 2.24) is 4.90 Å². The van der Waals surface area contributed by atoms with E-state index < -0.39 is 5.97 Å². The second kappa shape index (κ2) is 4.26. The number of likely N-dealkylation sites (tertiary alicyclic amines) is 1. The van der Waals surface area contributed by atoms with Crippen LogP contribution in [-0.2, 0) is 4.79 Å². The van der Waals surface area contributed by atoms with E-state index in [1.54, 1.807) is 0 Å². The van der Waals surface area contributed by atoms with Crippen LogP contribution < -0.4 is 0 Å². The second-order valence-corrected chi connectivity index (χ2v) is 4.64. The van der Waals surface area contributed by atoms with Crippen LogP contribution >= 0.6 is 0 Å². The van der Waals surface area contributed by atoms with Crippen molar-refractivity contribution in [3.63, 3.8) is 0 Å². The van der Waals surface area contributed by atoms with Crippen molar-refractivity contribution >= 4 is 5.97 Å². The minimum absolute atomic E-state index is 0.226. The van der Waals surface area contributed by atoms with Crippen LogP contribution in [0.5, 0.6) is 0 Å². The molecule has 3 heteroatoms. The van der Waals surface area contributed by atoms with Crippen LogP contribution in [0.2, 0.25) is 0 Å². The van der Waals surface area contributed by atoms with E-state index in [4.69, 9.17) is 5.11 Å². The highest BCUT2D eigenvalue weighted by molar-refractivity contribution is 5.70. The largest absolute Gasteiger partial charge is 0.481 e. The quantitative estimate of drug-likeness (QED) is 0.827. The monoisotopic (exact) mass is 219 g/mol. The Morgan fingerprint density at radius 3 is 2.50 bits per heavy atom. The number of nitrogens with zero attached hydrogens (tertiary/aromatic N) is 1. The molecule has 0 amide bonds. The molecule has 1 heterocycles. The zero-order valence-electron chi connectivity index (χ0n) is 9.68. The van der Waals surface area contributed by atoms with Crippen molar-refractivity contribution in [3.05, 3.63) is 35.4 Å². The average Bonchev–Trinajstić information content (AvgIpc) is 2.62. The molecule has 0 spiro atoms. The van der Waals surface area contributed by atoms with Gasteiger partial charge in [-0.05, 0) is 26.0 Å². The number of aryl methyl sites for hydroxylation is 1. The molecule has 2 atom stereocenters. The van der Waals surface area contributed by atoms with Crippen molar-refractivity contribution in [2.75, 3.05) is 13.6 Å². The molecule has 1 N–H and O–H groups in total. The Morgan fingerprint density at radius 1 is 1.38 bits per heavy atom. The van der Waals surface area contributed by atoms with E-state index in [1.807, 2.05) is 7.05 Å². The third-order valence-corrected chi connectivity index (χ3v) is 3.36. The summed E-state index contributed by atoms with van der Waals surface area (Å²) in [6.45, 7) is 2.70. The Bertz CT molecular complexity index is 385. The Kier molecular flexibility index (Phi) is 2.97. The highest BCUT2D eigenvalue weighted by atomic mass is 16.4. The third-order valence-electron chi connectivity index (χ3n) is 3.36. The van der Waals surface area contributed by atoms with Crippen LogP contribution in [0, 0.1) is 12.8 Å². The predicted molar refractivity (Wildman–Crippen MR) is 62.3 cm³/mol. The molecule has 3 nitrogen and oxygen atoms in total. The summed E-state index contributed by atoms with van der Waals surface area (Å²) in [5.74, 6) is -0.905. The van der Waals surface area contributed by atoms with Crippen LogP contribution in [0.15, 0.2) is 24.3 Å². The molecule has 86 valence electrons. The zero-order chi connectivity index (χ0) is 11.7. The van der Waals surface area contributed by atoms with E-state index in [0.717, 1.165) is 6.42 Å².